The summed E-state index contributed by atoms with van der Waals surface area (Å²) < 4.78 is 71.9. The number of carboxylic acid groups (broad SMARTS) is 1. The van der Waals surface area contributed by atoms with Crippen LogP contribution in [0.1, 0.15) is 19.8 Å². The van der Waals surface area contributed by atoms with Crippen molar-refractivity contribution in [2.24, 2.45) is 0 Å². The van der Waals surface area contributed by atoms with Crippen molar-refractivity contribution >= 4 is 35.2 Å². The molecule has 10 nitrogen and oxygen atoms in total. The van der Waals surface area contributed by atoms with E-state index in [9.17, 15) is 45.9 Å². The van der Waals surface area contributed by atoms with Crippen LogP contribution in [0.3, 0.4) is 0 Å². The molecule has 0 aliphatic heterocycles. The van der Waals surface area contributed by atoms with Gasteiger partial charge in [0.15, 0.2) is 23.2 Å². The molecule has 0 radical (unpaired) electrons. The quantitative estimate of drug-likeness (QED) is 0.191. The molecular formula is C23H20F5N3O7. The Bertz CT molecular complexity index is 1230. The Kier molecular flexibility index (Phi) is 10.2. The predicted octanol–water partition coefficient (Wildman–Crippen LogP) is 1.82. The Balaban J connectivity index is 2.03. The molecule has 0 aromatic heterocycles. The molecule has 0 aliphatic rings. The Morgan fingerprint density at radius 2 is 1.55 bits per heavy atom. The van der Waals surface area contributed by atoms with Gasteiger partial charge in [-0.3, -0.25) is 24.0 Å². The topological polar surface area (TPSA) is 151 Å². The number of Topliss-reactive ketones (excluding diaryl/α,β-unsaturated/α-hetero) is 1. The van der Waals surface area contributed by atoms with E-state index in [0.717, 1.165) is 19.1 Å². The fourth-order valence-corrected chi connectivity index (χ4v) is 2.88. The number of benzene rings is 2. The van der Waals surface area contributed by atoms with Crippen molar-refractivity contribution in [1.82, 2.24) is 10.6 Å². The maximum Gasteiger partial charge on any atom is 0.313 e. The van der Waals surface area contributed by atoms with Crippen LogP contribution in [0.2, 0.25) is 0 Å². The second-order valence-electron chi connectivity index (χ2n) is 7.71. The summed E-state index contributed by atoms with van der Waals surface area (Å²) >= 11 is 0. The van der Waals surface area contributed by atoms with Crippen LogP contribution in [0.25, 0.3) is 0 Å². The number of carboxylic acids is 1. The molecule has 0 fully saturated rings. The number of amides is 3. The van der Waals surface area contributed by atoms with E-state index in [1.54, 1.807) is 0 Å². The molecule has 2 atom stereocenters. The first-order valence-electron chi connectivity index (χ1n) is 10.7. The van der Waals surface area contributed by atoms with E-state index in [4.69, 9.17) is 5.11 Å². The third-order valence-electron chi connectivity index (χ3n) is 4.81. The standard InChI is InChI=1S/C23H20F5N3O7/c1-10(29-22(36)23(37)30-12-4-2-3-11(24)7-12)21(35)31-15(5-6-17(33)34)16(32)9-38-20-18(27)13(25)8-14(26)19(20)28/h2-4,7-8,10,15H,5-6,9H2,1H3,(H,29,36)(H,30,37)(H,31,35)(H,33,34)/t10-,15-/m0/s1. The van der Waals surface area contributed by atoms with Crippen LogP contribution in [-0.2, 0) is 24.0 Å². The largest absolute Gasteiger partial charge is 0.481 e. The van der Waals surface area contributed by atoms with E-state index in [1.807, 2.05) is 5.32 Å². The molecule has 38 heavy (non-hydrogen) atoms. The van der Waals surface area contributed by atoms with Gasteiger partial charge in [0.2, 0.25) is 17.5 Å². The van der Waals surface area contributed by atoms with Crippen LogP contribution in [0, 0.1) is 29.1 Å². The fourth-order valence-electron chi connectivity index (χ4n) is 2.88. The molecule has 204 valence electrons. The summed E-state index contributed by atoms with van der Waals surface area (Å²) in [5, 5.41) is 15.1. The summed E-state index contributed by atoms with van der Waals surface area (Å²) in [5.41, 5.74) is -0.0485. The number of hydrogen-bond acceptors (Lipinski definition) is 6. The first-order chi connectivity index (χ1) is 17.8. The van der Waals surface area contributed by atoms with Crippen LogP contribution in [-0.4, -0.2) is 53.3 Å². The van der Waals surface area contributed by atoms with Gasteiger partial charge in [-0.1, -0.05) is 6.07 Å². The lowest BCUT2D eigenvalue weighted by molar-refractivity contribution is -0.139. The number of ketones is 1. The number of carbonyl (C=O) groups is 5. The lowest BCUT2D eigenvalue weighted by atomic mass is 10.1. The van der Waals surface area contributed by atoms with E-state index in [0.29, 0.717) is 0 Å². The number of ether oxygens (including phenoxy) is 1. The third kappa shape index (κ3) is 8.25. The molecule has 3 amide bonds. The Morgan fingerprint density at radius 3 is 2.13 bits per heavy atom. The van der Waals surface area contributed by atoms with Crippen molar-refractivity contribution in [3.63, 3.8) is 0 Å². The first kappa shape index (κ1) is 29.7. The zero-order chi connectivity index (χ0) is 28.6. The molecule has 0 unspecified atom stereocenters. The van der Waals surface area contributed by atoms with Crippen LogP contribution in [0.15, 0.2) is 30.3 Å². The van der Waals surface area contributed by atoms with Gasteiger partial charge in [-0.05, 0) is 31.5 Å². The van der Waals surface area contributed by atoms with Gasteiger partial charge in [0.25, 0.3) is 0 Å². The molecular weight excluding hydrogens is 525 g/mol. The van der Waals surface area contributed by atoms with E-state index < -0.39 is 95.8 Å². The average molecular weight is 545 g/mol. The highest BCUT2D eigenvalue weighted by atomic mass is 19.2. The minimum Gasteiger partial charge on any atom is -0.481 e. The summed E-state index contributed by atoms with van der Waals surface area (Å²) in [6, 6.07) is 1.41. The second-order valence-corrected chi connectivity index (χ2v) is 7.71. The highest BCUT2D eigenvalue weighted by Gasteiger charge is 2.28. The van der Waals surface area contributed by atoms with E-state index in [2.05, 4.69) is 15.4 Å². The Labute approximate surface area is 211 Å². The maximum atomic E-state index is 13.8. The Hall–Kier alpha value is -4.56. The van der Waals surface area contributed by atoms with Crippen molar-refractivity contribution in [1.29, 1.82) is 0 Å². The molecule has 0 saturated heterocycles. The zero-order valence-electron chi connectivity index (χ0n) is 19.4. The van der Waals surface area contributed by atoms with E-state index in [-0.39, 0.29) is 11.8 Å². The highest BCUT2D eigenvalue weighted by Crippen LogP contribution is 2.26. The van der Waals surface area contributed by atoms with Crippen LogP contribution >= 0.6 is 0 Å². The average Bonchev–Trinajstić information content (AvgIpc) is 2.84. The lowest BCUT2D eigenvalue weighted by Gasteiger charge is -2.20. The number of halogens is 5. The molecule has 2 rings (SSSR count). The van der Waals surface area contributed by atoms with E-state index >= 15 is 0 Å². The SMILES string of the molecule is C[C@H](NC(=O)C(=O)Nc1cccc(F)c1)C(=O)N[C@@H](CCC(=O)O)C(=O)COc1c(F)c(F)cc(F)c1F. The summed E-state index contributed by atoms with van der Waals surface area (Å²) in [4.78, 5) is 59.9. The molecule has 0 saturated carbocycles. The fraction of sp³-hybridized carbons (Fsp3) is 0.261. The van der Waals surface area contributed by atoms with Crippen LogP contribution in [0.4, 0.5) is 27.6 Å². The summed E-state index contributed by atoms with van der Waals surface area (Å²) in [6.07, 6.45) is -1.20. The van der Waals surface area contributed by atoms with Crippen molar-refractivity contribution in [3.05, 3.63) is 59.4 Å². The monoisotopic (exact) mass is 545 g/mol. The normalized spacial score (nSPS) is 12.2. The molecule has 15 heteroatoms. The molecule has 2 aromatic rings. The van der Waals surface area contributed by atoms with Gasteiger partial charge in [-0.2, -0.15) is 8.78 Å². The van der Waals surface area contributed by atoms with Gasteiger partial charge in [-0.25, -0.2) is 13.2 Å². The van der Waals surface area contributed by atoms with Gasteiger partial charge in [0.1, 0.15) is 18.5 Å². The van der Waals surface area contributed by atoms with Gasteiger partial charge in [0.05, 0.1) is 6.04 Å². The molecule has 4 N–H and O–H groups in total. The van der Waals surface area contributed by atoms with Crippen molar-refractivity contribution < 1.29 is 55.8 Å². The maximum absolute atomic E-state index is 13.8. The number of anilines is 1. The van der Waals surface area contributed by atoms with Crippen molar-refractivity contribution in [2.75, 3.05) is 11.9 Å². The molecule has 0 spiro atoms. The van der Waals surface area contributed by atoms with Crippen molar-refractivity contribution in [2.45, 2.75) is 31.8 Å². The second kappa shape index (κ2) is 13.1. The summed E-state index contributed by atoms with van der Waals surface area (Å²) in [6.45, 7) is -0.115. The number of rotatable bonds is 11. The predicted molar refractivity (Wildman–Crippen MR) is 118 cm³/mol. The lowest BCUT2D eigenvalue weighted by Crippen LogP contribution is -2.52. The summed E-state index contributed by atoms with van der Waals surface area (Å²) in [5.74, 6) is -15.8. The van der Waals surface area contributed by atoms with Gasteiger partial charge in [0, 0.05) is 18.2 Å². The summed E-state index contributed by atoms with van der Waals surface area (Å²) in [7, 11) is 0. The third-order valence-corrected chi connectivity index (χ3v) is 4.81. The number of hydrogen-bond donors (Lipinski definition) is 4. The molecule has 0 bridgehead atoms. The first-order valence-corrected chi connectivity index (χ1v) is 10.7. The van der Waals surface area contributed by atoms with Crippen molar-refractivity contribution in [3.8, 4) is 5.75 Å². The molecule has 0 aliphatic carbocycles. The molecule has 2 aromatic carbocycles. The minimum absolute atomic E-state index is 0.0485. The smallest absolute Gasteiger partial charge is 0.313 e. The minimum atomic E-state index is -1.92. The highest BCUT2D eigenvalue weighted by molar-refractivity contribution is 6.40. The number of aliphatic carboxylic acids is 1. The van der Waals surface area contributed by atoms with Gasteiger partial charge >= 0.3 is 17.8 Å². The Morgan fingerprint density at radius 1 is 0.921 bits per heavy atom. The van der Waals surface area contributed by atoms with Crippen LogP contribution in [0.5, 0.6) is 5.75 Å². The van der Waals surface area contributed by atoms with Gasteiger partial charge in [-0.15, -0.1) is 0 Å². The zero-order valence-corrected chi connectivity index (χ0v) is 19.4. The number of nitrogens with one attached hydrogen (secondary N) is 3. The number of carbonyl (C=O) groups excluding carboxylic acids is 4. The van der Waals surface area contributed by atoms with Gasteiger partial charge < -0.3 is 25.8 Å². The van der Waals surface area contributed by atoms with E-state index in [1.165, 1.54) is 12.1 Å². The van der Waals surface area contributed by atoms with Crippen LogP contribution < -0.4 is 20.7 Å². The molecule has 0 heterocycles.